The molecule has 1 aromatic heterocycles. The Balaban J connectivity index is 1.89. The number of aromatic nitrogens is 3. The zero-order valence-corrected chi connectivity index (χ0v) is 13.7. The van der Waals surface area contributed by atoms with Crippen molar-refractivity contribution in [1.29, 1.82) is 0 Å². The monoisotopic (exact) mass is 324 g/mol. The minimum Gasteiger partial charge on any atom is -0.320 e. The Hall–Kier alpha value is -3.02. The minimum atomic E-state index is -0.372. The van der Waals surface area contributed by atoms with Gasteiger partial charge in [-0.3, -0.25) is 4.79 Å². The number of rotatable bonds is 3. The van der Waals surface area contributed by atoms with Crippen LogP contribution in [0.1, 0.15) is 27.3 Å². The number of carbonyl (C=O) groups is 1. The van der Waals surface area contributed by atoms with Crippen molar-refractivity contribution < 1.29 is 9.18 Å². The first-order valence-corrected chi connectivity index (χ1v) is 7.52. The van der Waals surface area contributed by atoms with Gasteiger partial charge in [0.25, 0.3) is 5.91 Å². The second-order valence-electron chi connectivity index (χ2n) is 5.69. The van der Waals surface area contributed by atoms with Gasteiger partial charge in [-0.25, -0.2) is 9.07 Å². The molecule has 3 rings (SSSR count). The third-order valence-corrected chi connectivity index (χ3v) is 3.79. The molecule has 0 bridgehead atoms. The Kier molecular flexibility index (Phi) is 4.12. The van der Waals surface area contributed by atoms with Crippen LogP contribution in [0.4, 0.5) is 10.1 Å². The first-order chi connectivity index (χ1) is 11.5. The maximum Gasteiger partial charge on any atom is 0.278 e. The van der Waals surface area contributed by atoms with Crippen LogP contribution in [-0.4, -0.2) is 20.9 Å². The summed E-state index contributed by atoms with van der Waals surface area (Å²) in [5.74, 6) is -0.717. The number of hydrogen-bond acceptors (Lipinski definition) is 3. The summed E-state index contributed by atoms with van der Waals surface area (Å²) in [7, 11) is 0. The normalized spacial score (nSPS) is 10.7. The van der Waals surface area contributed by atoms with Crippen LogP contribution in [0.25, 0.3) is 5.69 Å². The van der Waals surface area contributed by atoms with Gasteiger partial charge < -0.3 is 5.32 Å². The first kappa shape index (κ1) is 15.9. The molecule has 1 heterocycles. The lowest BCUT2D eigenvalue weighted by atomic mass is 10.1. The summed E-state index contributed by atoms with van der Waals surface area (Å²) in [5, 5.41) is 10.8. The van der Waals surface area contributed by atoms with E-state index in [-0.39, 0.29) is 17.4 Å². The maximum atomic E-state index is 13.4. The molecule has 5 nitrogen and oxygen atoms in total. The summed E-state index contributed by atoms with van der Waals surface area (Å²) in [4.78, 5) is 12.5. The summed E-state index contributed by atoms with van der Waals surface area (Å²) in [6, 6.07) is 11.8. The van der Waals surface area contributed by atoms with Crippen LogP contribution < -0.4 is 5.32 Å². The van der Waals surface area contributed by atoms with Gasteiger partial charge in [-0.1, -0.05) is 29.0 Å². The Morgan fingerprint density at radius 3 is 2.62 bits per heavy atom. The summed E-state index contributed by atoms with van der Waals surface area (Å²) in [6.45, 7) is 5.65. The van der Waals surface area contributed by atoms with Crippen LogP contribution in [0.15, 0.2) is 42.5 Å². The molecule has 0 aliphatic rings. The number of carbonyl (C=O) groups excluding carboxylic acids is 1. The van der Waals surface area contributed by atoms with E-state index >= 15 is 0 Å². The van der Waals surface area contributed by atoms with Crippen LogP contribution in [0.2, 0.25) is 0 Å². The van der Waals surface area contributed by atoms with Crippen LogP contribution >= 0.6 is 0 Å². The van der Waals surface area contributed by atoms with Gasteiger partial charge in [-0.15, -0.1) is 5.10 Å². The second-order valence-corrected chi connectivity index (χ2v) is 5.69. The Morgan fingerprint density at radius 1 is 1.12 bits per heavy atom. The van der Waals surface area contributed by atoms with Crippen molar-refractivity contribution in [2.24, 2.45) is 0 Å². The van der Waals surface area contributed by atoms with Crippen LogP contribution in [0, 0.1) is 26.6 Å². The highest BCUT2D eigenvalue weighted by Crippen LogP contribution is 2.18. The number of anilines is 1. The number of amides is 1. The Labute approximate surface area is 139 Å². The largest absolute Gasteiger partial charge is 0.320 e. The Bertz CT molecular complexity index is 917. The highest BCUT2D eigenvalue weighted by molar-refractivity contribution is 6.04. The summed E-state index contributed by atoms with van der Waals surface area (Å²) >= 11 is 0. The van der Waals surface area contributed by atoms with Crippen molar-refractivity contribution in [3.63, 3.8) is 0 Å². The molecule has 0 aliphatic heterocycles. The van der Waals surface area contributed by atoms with Crippen LogP contribution in [0.5, 0.6) is 0 Å². The Morgan fingerprint density at radius 2 is 1.92 bits per heavy atom. The molecule has 0 unspecified atom stereocenters. The number of aryl methyl sites for hydroxylation is 2. The van der Waals surface area contributed by atoms with E-state index in [1.807, 2.05) is 32.0 Å². The summed E-state index contributed by atoms with van der Waals surface area (Å²) < 4.78 is 14.8. The molecule has 2 aromatic carbocycles. The summed E-state index contributed by atoms with van der Waals surface area (Å²) in [6.07, 6.45) is 0. The predicted octanol–water partition coefficient (Wildman–Crippen LogP) is 3.58. The van der Waals surface area contributed by atoms with Crippen molar-refractivity contribution in [2.75, 3.05) is 5.32 Å². The molecule has 6 heteroatoms. The van der Waals surface area contributed by atoms with E-state index in [1.54, 1.807) is 19.1 Å². The highest BCUT2D eigenvalue weighted by Gasteiger charge is 2.18. The van der Waals surface area contributed by atoms with Crippen molar-refractivity contribution >= 4 is 11.6 Å². The van der Waals surface area contributed by atoms with Gasteiger partial charge in [0.2, 0.25) is 0 Å². The van der Waals surface area contributed by atoms with Crippen molar-refractivity contribution in [2.45, 2.75) is 20.8 Å². The minimum absolute atomic E-state index is 0.208. The zero-order valence-electron chi connectivity index (χ0n) is 13.7. The van der Waals surface area contributed by atoms with E-state index in [9.17, 15) is 9.18 Å². The fourth-order valence-corrected chi connectivity index (χ4v) is 2.53. The van der Waals surface area contributed by atoms with E-state index in [4.69, 9.17) is 0 Å². The SMILES string of the molecule is Cc1ccc(NC(=O)c2nnn(-c3cccc(F)c3)c2C)c(C)c1. The number of nitrogens with zero attached hydrogens (tertiary/aromatic N) is 3. The molecule has 0 radical (unpaired) electrons. The zero-order chi connectivity index (χ0) is 17.3. The molecule has 0 atom stereocenters. The number of hydrogen-bond donors (Lipinski definition) is 1. The molecule has 1 N–H and O–H groups in total. The smallest absolute Gasteiger partial charge is 0.278 e. The lowest BCUT2D eigenvalue weighted by molar-refractivity contribution is 0.102. The van der Waals surface area contributed by atoms with Crippen molar-refractivity contribution in [1.82, 2.24) is 15.0 Å². The van der Waals surface area contributed by atoms with Crippen LogP contribution in [-0.2, 0) is 0 Å². The second kappa shape index (κ2) is 6.23. The van der Waals surface area contributed by atoms with E-state index in [2.05, 4.69) is 15.6 Å². The average Bonchev–Trinajstić information content (AvgIpc) is 2.92. The van der Waals surface area contributed by atoms with Gasteiger partial charge in [0, 0.05) is 5.69 Å². The molecule has 0 fully saturated rings. The molecule has 0 spiro atoms. The standard InChI is InChI=1S/C18H17FN4O/c1-11-7-8-16(12(2)9-11)20-18(24)17-13(3)23(22-21-17)15-6-4-5-14(19)10-15/h4-10H,1-3H3,(H,20,24). The van der Waals surface area contributed by atoms with E-state index in [1.165, 1.54) is 16.8 Å². The lowest BCUT2D eigenvalue weighted by Crippen LogP contribution is -2.15. The maximum absolute atomic E-state index is 13.4. The molecular weight excluding hydrogens is 307 g/mol. The molecule has 0 saturated carbocycles. The van der Waals surface area contributed by atoms with Gasteiger partial charge in [0.1, 0.15) is 5.82 Å². The number of halogens is 1. The van der Waals surface area contributed by atoms with Crippen LogP contribution in [0.3, 0.4) is 0 Å². The average molecular weight is 324 g/mol. The van der Waals surface area contributed by atoms with E-state index in [0.717, 1.165) is 16.8 Å². The van der Waals surface area contributed by atoms with Gasteiger partial charge in [-0.05, 0) is 50.6 Å². The molecule has 0 saturated heterocycles. The molecule has 24 heavy (non-hydrogen) atoms. The topological polar surface area (TPSA) is 59.8 Å². The molecule has 0 aliphatic carbocycles. The first-order valence-electron chi connectivity index (χ1n) is 7.52. The molecule has 122 valence electrons. The molecule has 3 aromatic rings. The fraction of sp³-hybridized carbons (Fsp3) is 0.167. The van der Waals surface area contributed by atoms with Gasteiger partial charge >= 0.3 is 0 Å². The highest BCUT2D eigenvalue weighted by atomic mass is 19.1. The number of nitrogens with one attached hydrogen (secondary N) is 1. The summed E-state index contributed by atoms with van der Waals surface area (Å²) in [5.41, 5.74) is 4.09. The molecule has 1 amide bonds. The lowest BCUT2D eigenvalue weighted by Gasteiger charge is -2.08. The van der Waals surface area contributed by atoms with Crippen molar-refractivity contribution in [3.05, 3.63) is 70.8 Å². The van der Waals surface area contributed by atoms with E-state index < -0.39 is 0 Å². The van der Waals surface area contributed by atoms with Crippen molar-refractivity contribution in [3.8, 4) is 5.69 Å². The third-order valence-electron chi connectivity index (χ3n) is 3.79. The third kappa shape index (κ3) is 3.03. The quantitative estimate of drug-likeness (QED) is 0.801. The van der Waals surface area contributed by atoms with Gasteiger partial charge in [-0.2, -0.15) is 0 Å². The van der Waals surface area contributed by atoms with Gasteiger partial charge in [0.05, 0.1) is 11.4 Å². The molecular formula is C18H17FN4O. The predicted molar refractivity (Wildman–Crippen MR) is 89.9 cm³/mol. The van der Waals surface area contributed by atoms with Gasteiger partial charge in [0.15, 0.2) is 5.69 Å². The fourth-order valence-electron chi connectivity index (χ4n) is 2.53. The number of benzene rings is 2. The van der Waals surface area contributed by atoms with E-state index in [0.29, 0.717) is 11.4 Å².